The second-order valence-corrected chi connectivity index (χ2v) is 7.48. The maximum Gasteiger partial charge on any atom is 0.307 e. The van der Waals surface area contributed by atoms with Gasteiger partial charge in [-0.2, -0.15) is 0 Å². The van der Waals surface area contributed by atoms with Crippen molar-refractivity contribution in [2.45, 2.75) is 38.1 Å². The van der Waals surface area contributed by atoms with Crippen LogP contribution < -0.4 is 5.32 Å². The van der Waals surface area contributed by atoms with Gasteiger partial charge in [0.2, 0.25) is 5.91 Å². The molecule has 2 aromatic rings. The minimum Gasteiger partial charge on any atom is -0.481 e. The topological polar surface area (TPSA) is 104 Å². The third-order valence-electron chi connectivity index (χ3n) is 4.79. The monoisotopic (exact) mass is 417 g/mol. The van der Waals surface area contributed by atoms with E-state index in [4.69, 9.17) is 21.8 Å². The molecule has 0 aromatic heterocycles. The van der Waals surface area contributed by atoms with E-state index in [1.165, 1.54) is 0 Å². The fourth-order valence-electron chi connectivity index (χ4n) is 3.25. The molecule has 2 aromatic carbocycles. The van der Waals surface area contributed by atoms with Gasteiger partial charge in [-0.05, 0) is 36.6 Å². The third kappa shape index (κ3) is 7.23. The first-order chi connectivity index (χ1) is 13.8. The molecule has 0 saturated heterocycles. The molecule has 0 saturated carbocycles. The van der Waals surface area contributed by atoms with E-state index in [0.29, 0.717) is 11.4 Å². The predicted molar refractivity (Wildman–Crippen MR) is 110 cm³/mol. The highest BCUT2D eigenvalue weighted by Crippen LogP contribution is 2.25. The summed E-state index contributed by atoms with van der Waals surface area (Å²) in [6, 6.07) is 16.9. The number of aliphatic carboxylic acids is 2. The summed E-state index contributed by atoms with van der Waals surface area (Å²) in [6.45, 7) is 1.86. The molecule has 29 heavy (non-hydrogen) atoms. The molecule has 3 N–H and O–H groups in total. The van der Waals surface area contributed by atoms with Gasteiger partial charge in [-0.3, -0.25) is 14.4 Å². The number of amides is 1. The number of hydrogen-bond acceptors (Lipinski definition) is 3. The van der Waals surface area contributed by atoms with Crippen LogP contribution in [-0.4, -0.2) is 34.1 Å². The van der Waals surface area contributed by atoms with Crippen LogP contribution in [0.3, 0.4) is 0 Å². The van der Waals surface area contributed by atoms with Crippen LogP contribution in [0.25, 0.3) is 0 Å². The van der Waals surface area contributed by atoms with Crippen LogP contribution in [0.4, 0.5) is 0 Å². The van der Waals surface area contributed by atoms with Crippen LogP contribution in [0, 0.1) is 5.92 Å². The van der Waals surface area contributed by atoms with Crippen molar-refractivity contribution in [3.63, 3.8) is 0 Å². The Balaban J connectivity index is 2.13. The number of halogens is 1. The number of nitrogens with one attached hydrogen (secondary N) is 1. The summed E-state index contributed by atoms with van der Waals surface area (Å²) in [6.07, 6.45) is -0.321. The second kappa shape index (κ2) is 10.6. The molecule has 0 fully saturated rings. The smallest absolute Gasteiger partial charge is 0.307 e. The van der Waals surface area contributed by atoms with Gasteiger partial charge in [0, 0.05) is 23.4 Å². The number of carboxylic acids is 2. The van der Waals surface area contributed by atoms with Crippen LogP contribution in [0.5, 0.6) is 0 Å². The SMILES string of the molecule is CC(NC(=O)CC(CC(=O)O)C(=O)O)C(Cc1ccc(Cl)cc1)c1ccccc1. The van der Waals surface area contributed by atoms with Gasteiger partial charge < -0.3 is 15.5 Å². The number of carbonyl (C=O) groups excluding carboxylic acids is 1. The van der Waals surface area contributed by atoms with Crippen molar-refractivity contribution >= 4 is 29.4 Å². The first-order valence-corrected chi connectivity index (χ1v) is 9.67. The molecule has 0 aliphatic heterocycles. The molecule has 0 aliphatic carbocycles. The predicted octanol–water partition coefficient (Wildman–Crippen LogP) is 3.74. The van der Waals surface area contributed by atoms with Crippen LogP contribution in [0.15, 0.2) is 54.6 Å². The summed E-state index contributed by atoms with van der Waals surface area (Å²) >= 11 is 5.96. The highest BCUT2D eigenvalue weighted by molar-refractivity contribution is 6.30. The van der Waals surface area contributed by atoms with Crippen molar-refractivity contribution in [1.29, 1.82) is 0 Å². The number of rotatable bonds is 10. The van der Waals surface area contributed by atoms with Crippen LogP contribution in [-0.2, 0) is 20.8 Å². The van der Waals surface area contributed by atoms with E-state index in [2.05, 4.69) is 5.32 Å². The molecule has 2 rings (SSSR count). The first kappa shape index (κ1) is 22.4. The molecule has 0 aliphatic rings. The molecule has 1 amide bonds. The first-order valence-electron chi connectivity index (χ1n) is 9.29. The van der Waals surface area contributed by atoms with Crippen LogP contribution in [0.1, 0.15) is 36.8 Å². The lowest BCUT2D eigenvalue weighted by Crippen LogP contribution is -2.39. The molecular formula is C22H24ClNO5. The Bertz CT molecular complexity index is 838. The quantitative estimate of drug-likeness (QED) is 0.546. The largest absolute Gasteiger partial charge is 0.481 e. The Labute approximate surface area is 174 Å². The minimum atomic E-state index is -1.30. The average Bonchev–Trinajstić information content (AvgIpc) is 2.67. The molecular weight excluding hydrogens is 394 g/mol. The Kier molecular flexibility index (Phi) is 8.21. The Morgan fingerprint density at radius 2 is 1.59 bits per heavy atom. The molecule has 0 bridgehead atoms. The lowest BCUT2D eigenvalue weighted by Gasteiger charge is -2.26. The Morgan fingerprint density at radius 1 is 0.966 bits per heavy atom. The zero-order valence-corrected chi connectivity index (χ0v) is 16.8. The molecule has 0 radical (unpaired) electrons. The number of benzene rings is 2. The fourth-order valence-corrected chi connectivity index (χ4v) is 3.38. The third-order valence-corrected chi connectivity index (χ3v) is 5.04. The highest BCUT2D eigenvalue weighted by Gasteiger charge is 2.27. The van der Waals surface area contributed by atoms with Gasteiger partial charge in [0.25, 0.3) is 0 Å². The molecule has 3 atom stereocenters. The zero-order chi connectivity index (χ0) is 21.4. The van der Waals surface area contributed by atoms with E-state index in [1.807, 2.05) is 61.5 Å². The fraction of sp³-hybridized carbons (Fsp3) is 0.318. The van der Waals surface area contributed by atoms with Gasteiger partial charge in [-0.25, -0.2) is 0 Å². The summed E-state index contributed by atoms with van der Waals surface area (Å²) in [5.74, 6) is -4.34. The molecule has 0 spiro atoms. The maximum absolute atomic E-state index is 12.4. The number of hydrogen-bond donors (Lipinski definition) is 3. The Hall–Kier alpha value is -2.86. The van der Waals surface area contributed by atoms with Gasteiger partial charge in [0.1, 0.15) is 0 Å². The van der Waals surface area contributed by atoms with Crippen molar-refractivity contribution in [1.82, 2.24) is 5.32 Å². The van der Waals surface area contributed by atoms with E-state index >= 15 is 0 Å². The lowest BCUT2D eigenvalue weighted by molar-refractivity contribution is -0.149. The summed E-state index contributed by atoms with van der Waals surface area (Å²) in [5.41, 5.74) is 2.09. The summed E-state index contributed by atoms with van der Waals surface area (Å²) in [4.78, 5) is 34.5. The van der Waals surface area contributed by atoms with Crippen molar-refractivity contribution in [3.8, 4) is 0 Å². The summed E-state index contributed by atoms with van der Waals surface area (Å²) < 4.78 is 0. The normalized spacial score (nSPS) is 13.9. The molecule has 0 heterocycles. The van der Waals surface area contributed by atoms with Gasteiger partial charge in [-0.15, -0.1) is 0 Å². The average molecular weight is 418 g/mol. The van der Waals surface area contributed by atoms with Crippen molar-refractivity contribution in [3.05, 3.63) is 70.7 Å². The van der Waals surface area contributed by atoms with Crippen molar-refractivity contribution in [2.75, 3.05) is 0 Å². The van der Waals surface area contributed by atoms with E-state index in [1.54, 1.807) is 0 Å². The van der Waals surface area contributed by atoms with Crippen molar-refractivity contribution in [2.24, 2.45) is 5.92 Å². The minimum absolute atomic E-state index is 0.0518. The van der Waals surface area contributed by atoms with Gasteiger partial charge in [-0.1, -0.05) is 54.1 Å². The number of carbonyl (C=O) groups is 3. The van der Waals surface area contributed by atoms with Crippen LogP contribution >= 0.6 is 11.6 Å². The zero-order valence-electron chi connectivity index (χ0n) is 16.0. The molecule has 3 unspecified atom stereocenters. The standard InChI is InChI=1S/C22H24ClNO5/c1-14(24-20(25)12-17(22(28)29)13-21(26)27)19(16-5-3-2-4-6-16)11-15-7-9-18(23)10-8-15/h2-10,14,17,19H,11-13H2,1H3,(H,24,25)(H,26,27)(H,28,29). The van der Waals surface area contributed by atoms with Gasteiger partial charge in [0.15, 0.2) is 0 Å². The Morgan fingerprint density at radius 3 is 2.14 bits per heavy atom. The van der Waals surface area contributed by atoms with E-state index in [9.17, 15) is 14.4 Å². The maximum atomic E-state index is 12.4. The molecule has 7 heteroatoms. The van der Waals surface area contributed by atoms with Gasteiger partial charge in [0.05, 0.1) is 12.3 Å². The second-order valence-electron chi connectivity index (χ2n) is 7.04. The lowest BCUT2D eigenvalue weighted by atomic mass is 9.86. The summed E-state index contributed by atoms with van der Waals surface area (Å²) in [5, 5.41) is 21.5. The van der Waals surface area contributed by atoms with Crippen LogP contribution in [0.2, 0.25) is 5.02 Å². The summed E-state index contributed by atoms with van der Waals surface area (Å²) in [7, 11) is 0. The van der Waals surface area contributed by atoms with E-state index in [0.717, 1.165) is 11.1 Å². The van der Waals surface area contributed by atoms with Gasteiger partial charge >= 0.3 is 11.9 Å². The molecule has 6 nitrogen and oxygen atoms in total. The van der Waals surface area contributed by atoms with E-state index in [-0.39, 0.29) is 18.4 Å². The highest BCUT2D eigenvalue weighted by atomic mass is 35.5. The van der Waals surface area contributed by atoms with Crippen molar-refractivity contribution < 1.29 is 24.6 Å². The number of carboxylic acid groups (broad SMARTS) is 2. The van der Waals surface area contributed by atoms with E-state index < -0.39 is 30.2 Å². The molecule has 154 valence electrons.